The third-order valence-corrected chi connectivity index (χ3v) is 3.23. The van der Waals surface area contributed by atoms with Gasteiger partial charge in [-0.2, -0.15) is 0 Å². The van der Waals surface area contributed by atoms with Crippen molar-refractivity contribution in [3.8, 4) is 0 Å². The molecule has 0 aromatic heterocycles. The fraction of sp³-hybridized carbons (Fsp3) is 0.333. The van der Waals surface area contributed by atoms with E-state index in [1.165, 1.54) is 22.0 Å². The summed E-state index contributed by atoms with van der Waals surface area (Å²) in [5.74, 6) is 2.14. The first kappa shape index (κ1) is 14.6. The predicted octanol–water partition coefficient (Wildman–Crippen LogP) is -3.01. The summed E-state index contributed by atoms with van der Waals surface area (Å²) in [7, 11) is 13.3. The van der Waals surface area contributed by atoms with Crippen LogP contribution in [0.1, 0.15) is 6.42 Å². The average molecular weight is 193 g/mol. The third-order valence-electron chi connectivity index (χ3n) is 3.23. The molecule has 6 heteroatoms. The van der Waals surface area contributed by atoms with Gasteiger partial charge in [0.1, 0.15) is 47.1 Å². The Hall–Kier alpha value is -0.390. The largest absolute Gasteiger partial charge is 0.138 e. The zero-order valence-electron chi connectivity index (χ0n) is 11.3. The molecule has 0 bridgehead atoms. The lowest BCUT2D eigenvalue weighted by Gasteiger charge is -2.14. The normalized spacial score (nSPS) is 14.9. The highest BCUT2D eigenvalue weighted by molar-refractivity contribution is 6.37. The highest BCUT2D eigenvalue weighted by Crippen LogP contribution is 2.20. The molecule has 0 aromatic carbocycles. The van der Waals surface area contributed by atoms with Crippen LogP contribution in [0.15, 0.2) is 34.0 Å². The van der Waals surface area contributed by atoms with Gasteiger partial charge in [0, 0.05) is 0 Å². The molecule has 0 rings (SSSR count). The fourth-order valence-electron chi connectivity index (χ4n) is 1.62. The van der Waals surface area contributed by atoms with Gasteiger partial charge in [-0.15, -0.1) is 16.9 Å². The highest BCUT2D eigenvalue weighted by Gasteiger charge is 2.04. The van der Waals surface area contributed by atoms with Crippen LogP contribution >= 0.6 is 0 Å². The van der Waals surface area contributed by atoms with Crippen LogP contribution in [0.5, 0.6) is 0 Å². The first-order chi connectivity index (χ1) is 7.08. The second kappa shape index (κ2) is 7.84. The fourth-order valence-corrected chi connectivity index (χ4v) is 1.62. The summed E-state index contributed by atoms with van der Waals surface area (Å²) in [6.07, 6.45) is 5.64. The van der Waals surface area contributed by atoms with Crippen LogP contribution in [0.25, 0.3) is 0 Å². The van der Waals surface area contributed by atoms with Crippen LogP contribution in [0.2, 0.25) is 12.6 Å². The van der Waals surface area contributed by atoms with Crippen molar-refractivity contribution in [2.75, 3.05) is 0 Å². The molecule has 0 unspecified atom stereocenters. The van der Waals surface area contributed by atoms with E-state index in [1.54, 1.807) is 0 Å². The average Bonchev–Trinajstić information content (AvgIpc) is 2.27. The van der Waals surface area contributed by atoms with Gasteiger partial charge < -0.3 is 0 Å². The summed E-state index contributed by atoms with van der Waals surface area (Å²) in [5, 5.41) is 0. The molecule has 0 N–H and O–H groups in total. The minimum Gasteiger partial charge on any atom is -0.127 e. The number of hydrogen-bond acceptors (Lipinski definition) is 0. The second-order valence-corrected chi connectivity index (χ2v) is 4.14. The Morgan fingerprint density at radius 2 is 1.47 bits per heavy atom. The van der Waals surface area contributed by atoms with Crippen molar-refractivity contribution >= 4 is 47.1 Å². The molecule has 74 valence electrons. The van der Waals surface area contributed by atoms with Gasteiger partial charge >= 0.3 is 0 Å². The minimum absolute atomic E-state index is 1.08. The van der Waals surface area contributed by atoms with E-state index in [4.69, 9.17) is 0 Å². The molecule has 15 heavy (non-hydrogen) atoms. The molecule has 0 aliphatic rings. The van der Waals surface area contributed by atoms with E-state index in [9.17, 15) is 0 Å². The maximum absolute atomic E-state index is 2.26. The minimum atomic E-state index is 1.08. The molecule has 0 atom stereocenters. The van der Waals surface area contributed by atoms with Crippen molar-refractivity contribution in [2.45, 2.75) is 19.1 Å². The van der Waals surface area contributed by atoms with E-state index in [2.05, 4.69) is 59.1 Å². The first-order valence-corrected chi connectivity index (χ1v) is 6.04. The van der Waals surface area contributed by atoms with Crippen molar-refractivity contribution in [3.63, 3.8) is 0 Å². The lowest BCUT2D eigenvalue weighted by molar-refractivity contribution is 1.23. The molecule has 0 heterocycles. The van der Waals surface area contributed by atoms with Crippen molar-refractivity contribution < 1.29 is 0 Å². The van der Waals surface area contributed by atoms with Crippen LogP contribution < -0.4 is 0 Å². The van der Waals surface area contributed by atoms with Gasteiger partial charge in [-0.3, -0.25) is 0 Å². The van der Waals surface area contributed by atoms with Gasteiger partial charge in [-0.1, -0.05) is 29.8 Å². The quantitative estimate of drug-likeness (QED) is 0.322. The molecule has 0 nitrogen and oxygen atoms in total. The molecule has 0 fully saturated rings. The smallest absolute Gasteiger partial charge is 0.127 e. The molecule has 0 radical (unpaired) electrons. The molecular formula is C9H20B6. The maximum Gasteiger partial charge on any atom is 0.138 e. The van der Waals surface area contributed by atoms with Gasteiger partial charge in [-0.25, -0.2) is 0 Å². The Balaban J connectivity index is 5.12. The monoisotopic (exact) mass is 194 g/mol. The van der Waals surface area contributed by atoms with Crippen LogP contribution in [0.4, 0.5) is 0 Å². The van der Waals surface area contributed by atoms with Crippen LogP contribution in [-0.4, -0.2) is 47.1 Å². The highest BCUT2D eigenvalue weighted by atomic mass is 14.0. The lowest BCUT2D eigenvalue weighted by Crippen LogP contribution is -2.00. The van der Waals surface area contributed by atoms with E-state index < -0.39 is 0 Å². The van der Waals surface area contributed by atoms with Crippen molar-refractivity contribution in [1.82, 2.24) is 0 Å². The lowest BCUT2D eigenvalue weighted by atomic mass is 9.67. The van der Waals surface area contributed by atoms with Gasteiger partial charge in [0.15, 0.2) is 0 Å². The number of allylic oxidation sites excluding steroid dienone is 5. The number of rotatable bonds is 5. The third kappa shape index (κ3) is 4.77. The topological polar surface area (TPSA) is 0 Å². The number of hydrogen-bond donors (Lipinski definition) is 0. The molecule has 0 amide bonds. The molecule has 0 aromatic rings. The molecule has 0 saturated carbocycles. The van der Waals surface area contributed by atoms with Gasteiger partial charge in [0.25, 0.3) is 0 Å². The summed E-state index contributed by atoms with van der Waals surface area (Å²) in [4.78, 5) is 0. The Kier molecular flexibility index (Phi) is 7.64. The van der Waals surface area contributed by atoms with E-state index in [1.807, 2.05) is 0 Å². The van der Waals surface area contributed by atoms with Crippen molar-refractivity contribution in [2.24, 2.45) is 0 Å². The van der Waals surface area contributed by atoms with E-state index >= 15 is 0 Å². The summed E-state index contributed by atoms with van der Waals surface area (Å²) in [6, 6.07) is 0. The second-order valence-electron chi connectivity index (χ2n) is 4.14. The standard InChI is InChI=1S/C9H20B6/c10-3-1-2-6(7(13)4-11)9(15)8(14)5-12/h1,3H,2,4-5,10-15H2/b3-1+,7-6+,9-8-. The summed E-state index contributed by atoms with van der Waals surface area (Å²) < 4.78 is 0. The molecular weight excluding hydrogens is 173 g/mol. The molecule has 0 aliphatic heterocycles. The van der Waals surface area contributed by atoms with Crippen molar-refractivity contribution in [3.05, 3.63) is 34.0 Å². The van der Waals surface area contributed by atoms with Crippen LogP contribution in [-0.2, 0) is 0 Å². The zero-order chi connectivity index (χ0) is 11.8. The molecule has 0 saturated heterocycles. The maximum atomic E-state index is 2.26. The Morgan fingerprint density at radius 1 is 0.933 bits per heavy atom. The molecule has 0 spiro atoms. The van der Waals surface area contributed by atoms with Crippen molar-refractivity contribution in [1.29, 1.82) is 0 Å². The summed E-state index contributed by atoms with van der Waals surface area (Å²) in [5.41, 5.74) is 6.07. The molecule has 0 aliphatic carbocycles. The van der Waals surface area contributed by atoms with Crippen LogP contribution in [0, 0.1) is 0 Å². The first-order valence-electron chi connectivity index (χ1n) is 6.04. The Labute approximate surface area is 101 Å². The Morgan fingerprint density at radius 3 is 1.87 bits per heavy atom. The summed E-state index contributed by atoms with van der Waals surface area (Å²) >= 11 is 0. The van der Waals surface area contributed by atoms with Gasteiger partial charge in [0.05, 0.1) is 0 Å². The van der Waals surface area contributed by atoms with E-state index in [0.717, 1.165) is 19.1 Å². The SMILES string of the molecule is B/C=C/CC(=C(\B)CB)/C(B)=C(/B)CB. The Bertz CT molecular complexity index is 289. The zero-order valence-corrected chi connectivity index (χ0v) is 11.3. The summed E-state index contributed by atoms with van der Waals surface area (Å²) in [6.45, 7) is 0. The van der Waals surface area contributed by atoms with Gasteiger partial charge in [-0.05, 0) is 6.42 Å². The van der Waals surface area contributed by atoms with Crippen LogP contribution in [0.3, 0.4) is 0 Å². The van der Waals surface area contributed by atoms with Gasteiger partial charge in [0.2, 0.25) is 0 Å². The predicted molar refractivity (Wildman–Crippen MR) is 88.7 cm³/mol. The van der Waals surface area contributed by atoms with E-state index in [-0.39, 0.29) is 0 Å². The van der Waals surface area contributed by atoms with E-state index in [0.29, 0.717) is 0 Å².